The van der Waals surface area contributed by atoms with Gasteiger partial charge in [0.2, 0.25) is 11.8 Å². The second-order valence-corrected chi connectivity index (χ2v) is 4.96. The Morgan fingerprint density at radius 1 is 1.43 bits per heavy atom. The lowest BCUT2D eigenvalue weighted by atomic mass is 10.1. The van der Waals surface area contributed by atoms with Crippen LogP contribution in [0.2, 0.25) is 0 Å². The quantitative estimate of drug-likeness (QED) is 0.662. The summed E-state index contributed by atoms with van der Waals surface area (Å²) in [5.74, 6) is 5.81. The highest BCUT2D eigenvalue weighted by molar-refractivity contribution is 6.03. The van der Waals surface area contributed by atoms with Crippen LogP contribution < -0.4 is 10.5 Å². The van der Waals surface area contributed by atoms with Crippen molar-refractivity contribution < 1.29 is 14.3 Å². The van der Waals surface area contributed by atoms with E-state index in [0.29, 0.717) is 5.75 Å². The maximum atomic E-state index is 12.0. The van der Waals surface area contributed by atoms with Gasteiger partial charge >= 0.3 is 0 Å². The largest absolute Gasteiger partial charge is 0.496 e. The molecule has 2 rings (SSSR count). The number of likely N-dealkylation sites (tertiary alicyclic amines) is 1. The first-order chi connectivity index (χ1) is 10.1. The molecular formula is C16H18N2O3. The molecule has 2 N–H and O–H groups in total. The molecule has 0 aromatic heterocycles. The number of nitrogens with two attached hydrogens (primary N) is 1. The van der Waals surface area contributed by atoms with E-state index in [1.807, 2.05) is 12.1 Å². The van der Waals surface area contributed by atoms with E-state index < -0.39 is 0 Å². The van der Waals surface area contributed by atoms with Crippen LogP contribution in [0.15, 0.2) is 18.2 Å². The molecule has 1 aliphatic rings. The molecule has 5 nitrogen and oxygen atoms in total. The van der Waals surface area contributed by atoms with Gasteiger partial charge in [-0.25, -0.2) is 0 Å². The first-order valence-electron chi connectivity index (χ1n) is 6.77. The summed E-state index contributed by atoms with van der Waals surface area (Å²) in [5, 5.41) is 0. The molecule has 1 aliphatic heterocycles. The van der Waals surface area contributed by atoms with Gasteiger partial charge in [0.25, 0.3) is 0 Å². The third kappa shape index (κ3) is 3.23. The van der Waals surface area contributed by atoms with Gasteiger partial charge in [0.15, 0.2) is 0 Å². The Kier molecular flexibility index (Phi) is 4.61. The molecule has 110 valence electrons. The van der Waals surface area contributed by atoms with E-state index in [9.17, 15) is 9.59 Å². The summed E-state index contributed by atoms with van der Waals surface area (Å²) in [4.78, 5) is 25.2. The minimum atomic E-state index is -0.247. The fourth-order valence-corrected chi connectivity index (χ4v) is 2.32. The zero-order chi connectivity index (χ0) is 15.4. The standard InChI is InChI=1S/C16H18N2O3/c1-11-8-15(19)18(16(11)20)10-13-9-12(4-3-7-17)5-6-14(13)21-2/h5-6,9,11H,7-8,10,17H2,1-2H3. The van der Waals surface area contributed by atoms with Gasteiger partial charge in [-0.2, -0.15) is 0 Å². The molecule has 1 atom stereocenters. The van der Waals surface area contributed by atoms with Crippen molar-refractivity contribution in [2.45, 2.75) is 19.9 Å². The summed E-state index contributed by atoms with van der Waals surface area (Å²) < 4.78 is 5.29. The predicted molar refractivity (Wildman–Crippen MR) is 78.3 cm³/mol. The number of imide groups is 1. The Balaban J connectivity index is 2.29. The number of benzene rings is 1. The number of carbonyl (C=O) groups is 2. The highest BCUT2D eigenvalue weighted by Gasteiger charge is 2.35. The van der Waals surface area contributed by atoms with E-state index in [4.69, 9.17) is 10.5 Å². The van der Waals surface area contributed by atoms with Crippen LogP contribution in [0, 0.1) is 17.8 Å². The molecule has 0 bridgehead atoms. The molecule has 0 saturated carbocycles. The molecule has 0 spiro atoms. The van der Waals surface area contributed by atoms with Crippen LogP contribution in [-0.2, 0) is 16.1 Å². The van der Waals surface area contributed by atoms with Crippen LogP contribution in [0.3, 0.4) is 0 Å². The lowest BCUT2D eigenvalue weighted by Gasteiger charge is -2.16. The van der Waals surface area contributed by atoms with Gasteiger partial charge in [-0.1, -0.05) is 18.8 Å². The van der Waals surface area contributed by atoms with E-state index >= 15 is 0 Å². The second kappa shape index (κ2) is 6.42. The molecule has 1 saturated heterocycles. The fourth-order valence-electron chi connectivity index (χ4n) is 2.32. The number of rotatable bonds is 3. The number of ether oxygens (including phenoxy) is 1. The Labute approximate surface area is 124 Å². The minimum absolute atomic E-state index is 0.138. The monoisotopic (exact) mass is 286 g/mol. The van der Waals surface area contributed by atoms with E-state index in [-0.39, 0.29) is 37.2 Å². The van der Waals surface area contributed by atoms with Gasteiger partial charge in [0.1, 0.15) is 5.75 Å². The highest BCUT2D eigenvalue weighted by atomic mass is 16.5. The summed E-state index contributed by atoms with van der Waals surface area (Å²) in [7, 11) is 1.56. The normalized spacial score (nSPS) is 17.7. The Bertz CT molecular complexity index is 628. The predicted octanol–water partition coefficient (Wildman–Crippen LogP) is 0.900. The van der Waals surface area contributed by atoms with E-state index in [1.165, 1.54) is 4.90 Å². The van der Waals surface area contributed by atoms with Gasteiger partial charge in [-0.05, 0) is 18.2 Å². The molecule has 0 radical (unpaired) electrons. The SMILES string of the molecule is COc1ccc(C#CCN)cc1CN1C(=O)CC(C)C1=O. The van der Waals surface area contributed by atoms with Crippen molar-refractivity contribution in [2.75, 3.05) is 13.7 Å². The third-order valence-electron chi connectivity index (χ3n) is 3.41. The van der Waals surface area contributed by atoms with Crippen molar-refractivity contribution in [1.29, 1.82) is 0 Å². The minimum Gasteiger partial charge on any atom is -0.496 e. The topological polar surface area (TPSA) is 72.6 Å². The zero-order valence-corrected chi connectivity index (χ0v) is 12.2. The molecule has 2 amide bonds. The van der Waals surface area contributed by atoms with Crippen LogP contribution in [0.1, 0.15) is 24.5 Å². The van der Waals surface area contributed by atoms with Crippen LogP contribution in [0.4, 0.5) is 0 Å². The number of hydrogen-bond donors (Lipinski definition) is 1. The zero-order valence-electron chi connectivity index (χ0n) is 12.2. The van der Waals surface area contributed by atoms with Crippen molar-refractivity contribution in [3.63, 3.8) is 0 Å². The molecule has 1 unspecified atom stereocenters. The number of methoxy groups -OCH3 is 1. The second-order valence-electron chi connectivity index (χ2n) is 4.96. The fraction of sp³-hybridized carbons (Fsp3) is 0.375. The Hall–Kier alpha value is -2.32. The van der Waals surface area contributed by atoms with E-state index in [1.54, 1.807) is 20.1 Å². The molecule has 21 heavy (non-hydrogen) atoms. The lowest BCUT2D eigenvalue weighted by Crippen LogP contribution is -2.29. The molecule has 0 aliphatic carbocycles. The Morgan fingerprint density at radius 2 is 2.19 bits per heavy atom. The number of nitrogens with zero attached hydrogens (tertiary/aromatic N) is 1. The third-order valence-corrected chi connectivity index (χ3v) is 3.41. The summed E-state index contributed by atoms with van der Waals surface area (Å²) in [6.07, 6.45) is 0.272. The van der Waals surface area contributed by atoms with Crippen LogP contribution in [0.25, 0.3) is 0 Å². The van der Waals surface area contributed by atoms with Crippen molar-refractivity contribution in [3.05, 3.63) is 29.3 Å². The van der Waals surface area contributed by atoms with Crippen molar-refractivity contribution in [3.8, 4) is 17.6 Å². The van der Waals surface area contributed by atoms with Crippen molar-refractivity contribution >= 4 is 11.8 Å². The molecule has 1 heterocycles. The van der Waals surface area contributed by atoms with Crippen LogP contribution in [0.5, 0.6) is 5.75 Å². The summed E-state index contributed by atoms with van der Waals surface area (Å²) in [5.41, 5.74) is 6.90. The molecule has 1 aromatic carbocycles. The number of carbonyl (C=O) groups excluding carboxylic acids is 2. The average molecular weight is 286 g/mol. The molecule has 1 aromatic rings. The molecule has 5 heteroatoms. The smallest absolute Gasteiger partial charge is 0.232 e. The molecular weight excluding hydrogens is 268 g/mol. The number of amides is 2. The maximum absolute atomic E-state index is 12.0. The Morgan fingerprint density at radius 3 is 2.76 bits per heavy atom. The maximum Gasteiger partial charge on any atom is 0.232 e. The van der Waals surface area contributed by atoms with E-state index in [2.05, 4.69) is 11.8 Å². The summed E-state index contributed by atoms with van der Waals surface area (Å²) >= 11 is 0. The first-order valence-corrected chi connectivity index (χ1v) is 6.77. The lowest BCUT2D eigenvalue weighted by molar-refractivity contribution is -0.139. The van der Waals surface area contributed by atoms with E-state index in [0.717, 1.165) is 11.1 Å². The van der Waals surface area contributed by atoms with Gasteiger partial charge in [-0.3, -0.25) is 14.5 Å². The van der Waals surface area contributed by atoms with Crippen molar-refractivity contribution in [1.82, 2.24) is 4.90 Å². The first kappa shape index (κ1) is 15.1. The highest BCUT2D eigenvalue weighted by Crippen LogP contribution is 2.26. The average Bonchev–Trinajstić information content (AvgIpc) is 2.72. The van der Waals surface area contributed by atoms with Crippen LogP contribution in [-0.4, -0.2) is 30.4 Å². The van der Waals surface area contributed by atoms with Crippen LogP contribution >= 0.6 is 0 Å². The molecule has 1 fully saturated rings. The summed E-state index contributed by atoms with van der Waals surface area (Å²) in [6.45, 7) is 2.26. The van der Waals surface area contributed by atoms with Gasteiger partial charge in [0.05, 0.1) is 20.2 Å². The van der Waals surface area contributed by atoms with Gasteiger partial charge < -0.3 is 10.5 Å². The van der Waals surface area contributed by atoms with Crippen molar-refractivity contribution in [2.24, 2.45) is 11.7 Å². The van der Waals surface area contributed by atoms with Gasteiger partial charge in [-0.15, -0.1) is 0 Å². The number of hydrogen-bond acceptors (Lipinski definition) is 4. The van der Waals surface area contributed by atoms with Gasteiger partial charge in [0, 0.05) is 23.5 Å². The summed E-state index contributed by atoms with van der Waals surface area (Å²) in [6, 6.07) is 5.43.